The van der Waals surface area contributed by atoms with Crippen molar-refractivity contribution in [3.05, 3.63) is 78.2 Å². The molecule has 0 unspecified atom stereocenters. The number of amides is 1. The largest absolute Gasteiger partial charge is 0.497 e. The van der Waals surface area contributed by atoms with Gasteiger partial charge in [0.1, 0.15) is 5.75 Å². The molecule has 28 heavy (non-hydrogen) atoms. The average molecular weight is 370 g/mol. The molecule has 0 saturated heterocycles. The van der Waals surface area contributed by atoms with E-state index in [9.17, 15) is 4.79 Å². The van der Waals surface area contributed by atoms with Gasteiger partial charge in [0, 0.05) is 17.0 Å². The lowest BCUT2D eigenvalue weighted by Gasteiger charge is -2.09. The smallest absolute Gasteiger partial charge is 0.257 e. The highest BCUT2D eigenvalue weighted by Gasteiger charge is 2.13. The second kappa shape index (κ2) is 7.44. The fourth-order valence-corrected chi connectivity index (χ4v) is 2.93. The standard InChI is InChI=1S/C22H18N4O2/c1-14-19(10-16-8-9-18(28-2)11-20(16)25-14)22(27)26-17-12-23-21(24-13-17)15-6-4-3-5-7-15/h3-13H,1-2H3,(H,26,27). The van der Waals surface area contributed by atoms with Gasteiger partial charge in [0.05, 0.1) is 42.0 Å². The average Bonchev–Trinajstić information content (AvgIpc) is 2.74. The second-order valence-electron chi connectivity index (χ2n) is 6.30. The summed E-state index contributed by atoms with van der Waals surface area (Å²) in [7, 11) is 1.61. The number of carbonyl (C=O) groups is 1. The quantitative estimate of drug-likeness (QED) is 0.581. The van der Waals surface area contributed by atoms with Crippen LogP contribution >= 0.6 is 0 Å². The van der Waals surface area contributed by atoms with Crippen molar-refractivity contribution in [3.63, 3.8) is 0 Å². The lowest BCUT2D eigenvalue weighted by molar-refractivity contribution is 0.102. The second-order valence-corrected chi connectivity index (χ2v) is 6.30. The van der Waals surface area contributed by atoms with Crippen molar-refractivity contribution in [2.75, 3.05) is 12.4 Å². The summed E-state index contributed by atoms with van der Waals surface area (Å²) in [5, 5.41) is 3.70. The zero-order chi connectivity index (χ0) is 19.5. The number of ether oxygens (including phenoxy) is 1. The number of nitrogens with zero attached hydrogens (tertiary/aromatic N) is 3. The monoisotopic (exact) mass is 370 g/mol. The van der Waals surface area contributed by atoms with E-state index in [1.54, 1.807) is 19.5 Å². The van der Waals surface area contributed by atoms with Crippen LogP contribution in [0.4, 0.5) is 5.69 Å². The molecule has 2 aromatic heterocycles. The summed E-state index contributed by atoms with van der Waals surface area (Å²) in [6, 6.07) is 17.1. The van der Waals surface area contributed by atoms with E-state index in [1.165, 1.54) is 0 Å². The highest BCUT2D eigenvalue weighted by Crippen LogP contribution is 2.22. The number of aromatic nitrogens is 3. The number of methoxy groups -OCH3 is 1. The Labute approximate surface area is 162 Å². The van der Waals surface area contributed by atoms with E-state index in [0.29, 0.717) is 22.8 Å². The molecular weight excluding hydrogens is 352 g/mol. The molecule has 4 rings (SSSR count). The maximum atomic E-state index is 12.7. The fraction of sp³-hybridized carbons (Fsp3) is 0.0909. The molecule has 0 atom stereocenters. The van der Waals surface area contributed by atoms with Crippen molar-refractivity contribution in [1.29, 1.82) is 0 Å². The molecule has 0 aliphatic carbocycles. The van der Waals surface area contributed by atoms with Crippen molar-refractivity contribution < 1.29 is 9.53 Å². The topological polar surface area (TPSA) is 77.0 Å². The predicted octanol–water partition coefficient (Wildman–Crippen LogP) is 4.26. The number of anilines is 1. The Morgan fingerprint density at radius 3 is 2.46 bits per heavy atom. The Morgan fingerprint density at radius 1 is 1.00 bits per heavy atom. The van der Waals surface area contributed by atoms with Crippen LogP contribution in [0.2, 0.25) is 0 Å². The molecular formula is C22H18N4O2. The number of rotatable bonds is 4. The highest BCUT2D eigenvalue weighted by molar-refractivity contribution is 6.06. The molecule has 6 nitrogen and oxygen atoms in total. The zero-order valence-corrected chi connectivity index (χ0v) is 15.5. The van der Waals surface area contributed by atoms with E-state index < -0.39 is 0 Å². The number of pyridine rings is 1. The van der Waals surface area contributed by atoms with E-state index in [2.05, 4.69) is 20.3 Å². The van der Waals surface area contributed by atoms with Gasteiger partial charge in [0.15, 0.2) is 5.82 Å². The first-order valence-corrected chi connectivity index (χ1v) is 8.78. The van der Waals surface area contributed by atoms with Crippen LogP contribution in [0, 0.1) is 6.92 Å². The third-order valence-corrected chi connectivity index (χ3v) is 4.40. The third-order valence-electron chi connectivity index (χ3n) is 4.40. The third kappa shape index (κ3) is 3.53. The van der Waals surface area contributed by atoms with Crippen LogP contribution in [0.1, 0.15) is 16.1 Å². The molecule has 0 aliphatic heterocycles. The SMILES string of the molecule is COc1ccc2cc(C(=O)Nc3cnc(-c4ccccc4)nc3)c(C)nc2c1. The summed E-state index contributed by atoms with van der Waals surface area (Å²) >= 11 is 0. The summed E-state index contributed by atoms with van der Waals surface area (Å²) < 4.78 is 5.23. The lowest BCUT2D eigenvalue weighted by Crippen LogP contribution is -2.14. The number of benzene rings is 2. The van der Waals surface area contributed by atoms with Gasteiger partial charge in [-0.1, -0.05) is 30.3 Å². The maximum absolute atomic E-state index is 12.7. The summed E-state index contributed by atoms with van der Waals surface area (Å²) in [6.07, 6.45) is 3.20. The van der Waals surface area contributed by atoms with Crippen LogP contribution in [-0.2, 0) is 0 Å². The summed E-state index contributed by atoms with van der Waals surface area (Å²) in [4.78, 5) is 25.9. The Balaban J connectivity index is 1.57. The first-order valence-electron chi connectivity index (χ1n) is 8.78. The van der Waals surface area contributed by atoms with Crippen molar-refractivity contribution >= 4 is 22.5 Å². The molecule has 138 valence electrons. The van der Waals surface area contributed by atoms with Crippen molar-refractivity contribution in [2.45, 2.75) is 6.92 Å². The Morgan fingerprint density at radius 2 is 1.75 bits per heavy atom. The van der Waals surface area contributed by atoms with Gasteiger partial charge in [-0.2, -0.15) is 0 Å². The van der Waals surface area contributed by atoms with E-state index in [4.69, 9.17) is 4.74 Å². The zero-order valence-electron chi connectivity index (χ0n) is 15.5. The number of nitrogens with one attached hydrogen (secondary N) is 1. The van der Waals surface area contributed by atoms with E-state index in [-0.39, 0.29) is 5.91 Å². The first-order chi connectivity index (χ1) is 13.6. The number of fused-ring (bicyclic) bond motifs is 1. The fourth-order valence-electron chi connectivity index (χ4n) is 2.93. The maximum Gasteiger partial charge on any atom is 0.257 e. The first kappa shape index (κ1) is 17.6. The van der Waals surface area contributed by atoms with Crippen LogP contribution in [0.25, 0.3) is 22.3 Å². The van der Waals surface area contributed by atoms with Crippen molar-refractivity contribution in [2.24, 2.45) is 0 Å². The van der Waals surface area contributed by atoms with Gasteiger partial charge >= 0.3 is 0 Å². The molecule has 1 amide bonds. The molecule has 2 heterocycles. The van der Waals surface area contributed by atoms with Crippen molar-refractivity contribution in [3.8, 4) is 17.1 Å². The van der Waals surface area contributed by atoms with Crippen LogP contribution in [0.15, 0.2) is 67.0 Å². The minimum Gasteiger partial charge on any atom is -0.497 e. The van der Waals surface area contributed by atoms with Crippen molar-refractivity contribution in [1.82, 2.24) is 15.0 Å². The molecule has 1 N–H and O–H groups in total. The van der Waals surface area contributed by atoms with Gasteiger partial charge in [-0.05, 0) is 25.1 Å². The Hall–Kier alpha value is -3.80. The van der Waals surface area contributed by atoms with Gasteiger partial charge in [-0.25, -0.2) is 9.97 Å². The molecule has 0 spiro atoms. The molecule has 0 aliphatic rings. The van der Waals surface area contributed by atoms with Crippen LogP contribution in [0.5, 0.6) is 5.75 Å². The van der Waals surface area contributed by atoms with Gasteiger partial charge in [0.25, 0.3) is 5.91 Å². The Bertz CT molecular complexity index is 1140. The summed E-state index contributed by atoms with van der Waals surface area (Å²) in [5.74, 6) is 1.09. The molecule has 0 bridgehead atoms. The minimum absolute atomic E-state index is 0.251. The molecule has 2 aromatic carbocycles. The summed E-state index contributed by atoms with van der Waals surface area (Å²) in [5.41, 5.74) is 3.37. The van der Waals surface area contributed by atoms with Crippen LogP contribution < -0.4 is 10.1 Å². The summed E-state index contributed by atoms with van der Waals surface area (Å²) in [6.45, 7) is 1.81. The lowest BCUT2D eigenvalue weighted by atomic mass is 10.1. The molecule has 0 saturated carbocycles. The number of aryl methyl sites for hydroxylation is 1. The normalized spacial score (nSPS) is 10.6. The molecule has 0 radical (unpaired) electrons. The number of hydrogen-bond acceptors (Lipinski definition) is 5. The predicted molar refractivity (Wildman–Crippen MR) is 108 cm³/mol. The highest BCUT2D eigenvalue weighted by atomic mass is 16.5. The van der Waals surface area contributed by atoms with E-state index in [1.807, 2.05) is 61.5 Å². The van der Waals surface area contributed by atoms with Crippen LogP contribution in [0.3, 0.4) is 0 Å². The van der Waals surface area contributed by atoms with E-state index >= 15 is 0 Å². The Kier molecular flexibility index (Phi) is 4.68. The van der Waals surface area contributed by atoms with Gasteiger partial charge in [-0.3, -0.25) is 9.78 Å². The van der Waals surface area contributed by atoms with Gasteiger partial charge in [0.2, 0.25) is 0 Å². The van der Waals surface area contributed by atoms with Gasteiger partial charge in [-0.15, -0.1) is 0 Å². The minimum atomic E-state index is -0.251. The number of carbonyl (C=O) groups excluding carboxylic acids is 1. The van der Waals surface area contributed by atoms with Crippen LogP contribution in [-0.4, -0.2) is 28.0 Å². The molecule has 0 fully saturated rings. The van der Waals surface area contributed by atoms with Gasteiger partial charge < -0.3 is 10.1 Å². The molecule has 6 heteroatoms. The number of hydrogen-bond donors (Lipinski definition) is 1. The van der Waals surface area contributed by atoms with E-state index in [0.717, 1.165) is 22.2 Å². The molecule has 4 aromatic rings.